The van der Waals surface area contributed by atoms with Gasteiger partial charge in [0.1, 0.15) is 12.1 Å². The molecule has 5 aliphatic rings. The van der Waals surface area contributed by atoms with Crippen molar-refractivity contribution in [1.29, 1.82) is 0 Å². The molecule has 0 atom stereocenters. The second-order valence-electron chi connectivity index (χ2n) is 10.7. The first-order valence-electron chi connectivity index (χ1n) is 12.6. The molecule has 7 nitrogen and oxygen atoms in total. The van der Waals surface area contributed by atoms with Crippen LogP contribution in [0.1, 0.15) is 62.0 Å². The Morgan fingerprint density at radius 2 is 1.54 bits per heavy atom. The third-order valence-corrected chi connectivity index (χ3v) is 8.64. The standard InChI is InChI=1S/C28H30N2O5/c31-24(30-16-18-9-11-28(30,12-10-18)25(32)33)15-27(13-14-27)29-26(34)35-17-23-21-7-3-1-5-19(21)20-6-2-4-8-22(20)23/h1-8,18,23H,9-17H2,(H,29,34)(H,32,33). The van der Waals surface area contributed by atoms with Crippen LogP contribution in [0, 0.1) is 5.92 Å². The Labute approximate surface area is 204 Å². The molecule has 2 aromatic rings. The number of aliphatic carboxylic acids is 1. The zero-order chi connectivity index (χ0) is 24.2. The number of alkyl carbamates (subject to hydrolysis) is 1. The van der Waals surface area contributed by atoms with Crippen molar-refractivity contribution in [3.63, 3.8) is 0 Å². The average Bonchev–Trinajstić information content (AvgIpc) is 3.55. The van der Waals surface area contributed by atoms with Gasteiger partial charge in [-0.25, -0.2) is 9.59 Å². The first-order valence-corrected chi connectivity index (χ1v) is 12.6. The van der Waals surface area contributed by atoms with Crippen molar-refractivity contribution in [3.8, 4) is 11.1 Å². The van der Waals surface area contributed by atoms with E-state index in [0.717, 1.165) is 24.0 Å². The summed E-state index contributed by atoms with van der Waals surface area (Å²) < 4.78 is 5.68. The summed E-state index contributed by atoms with van der Waals surface area (Å²) in [5.41, 5.74) is 2.94. The normalized spacial score (nSPS) is 25.5. The van der Waals surface area contributed by atoms with E-state index in [1.807, 2.05) is 24.3 Å². The predicted octanol–water partition coefficient (Wildman–Crippen LogP) is 4.30. The molecule has 0 spiro atoms. The van der Waals surface area contributed by atoms with Crippen LogP contribution in [-0.4, -0.2) is 52.2 Å². The van der Waals surface area contributed by atoms with Crippen molar-refractivity contribution in [2.75, 3.05) is 13.2 Å². The van der Waals surface area contributed by atoms with E-state index in [4.69, 9.17) is 4.74 Å². The molecule has 0 aromatic heterocycles. The molecule has 2 N–H and O–H groups in total. The Bertz CT molecular complexity index is 1150. The van der Waals surface area contributed by atoms with E-state index in [0.29, 0.717) is 38.1 Å². The number of fused-ring (bicyclic) bond motifs is 6. The summed E-state index contributed by atoms with van der Waals surface area (Å²) in [6.45, 7) is 0.728. The molecule has 35 heavy (non-hydrogen) atoms. The van der Waals surface area contributed by atoms with Crippen LogP contribution in [0.15, 0.2) is 48.5 Å². The fraction of sp³-hybridized carbons (Fsp3) is 0.464. The van der Waals surface area contributed by atoms with Gasteiger partial charge in [-0.2, -0.15) is 0 Å². The van der Waals surface area contributed by atoms with Gasteiger partial charge in [0.25, 0.3) is 0 Å². The Morgan fingerprint density at radius 1 is 0.943 bits per heavy atom. The van der Waals surface area contributed by atoms with Crippen molar-refractivity contribution in [3.05, 3.63) is 59.7 Å². The summed E-state index contributed by atoms with van der Waals surface area (Å²) in [6, 6.07) is 16.4. The highest BCUT2D eigenvalue weighted by Crippen LogP contribution is 2.47. The van der Waals surface area contributed by atoms with Crippen LogP contribution in [0.4, 0.5) is 4.79 Å². The summed E-state index contributed by atoms with van der Waals surface area (Å²) in [7, 11) is 0. The maximum absolute atomic E-state index is 13.2. The summed E-state index contributed by atoms with van der Waals surface area (Å²) in [4.78, 5) is 39.7. The lowest BCUT2D eigenvalue weighted by atomic mass is 9.70. The number of carbonyl (C=O) groups is 3. The lowest BCUT2D eigenvalue weighted by molar-refractivity contribution is -0.170. The van der Waals surface area contributed by atoms with E-state index in [1.165, 1.54) is 11.1 Å². The van der Waals surface area contributed by atoms with Crippen molar-refractivity contribution >= 4 is 18.0 Å². The number of carboxylic acid groups (broad SMARTS) is 1. The van der Waals surface area contributed by atoms with Crippen LogP contribution >= 0.6 is 0 Å². The summed E-state index contributed by atoms with van der Waals surface area (Å²) in [5, 5.41) is 12.9. The van der Waals surface area contributed by atoms with Crippen molar-refractivity contribution in [1.82, 2.24) is 10.2 Å². The highest BCUT2D eigenvalue weighted by atomic mass is 16.5. The molecule has 2 heterocycles. The smallest absolute Gasteiger partial charge is 0.407 e. The minimum Gasteiger partial charge on any atom is -0.479 e. The number of amides is 2. The number of nitrogens with one attached hydrogen (secondary N) is 1. The number of carboxylic acids is 1. The number of carbonyl (C=O) groups excluding carboxylic acids is 2. The maximum Gasteiger partial charge on any atom is 0.407 e. The number of hydrogen-bond acceptors (Lipinski definition) is 4. The molecule has 3 aliphatic carbocycles. The molecule has 2 saturated carbocycles. The van der Waals surface area contributed by atoms with Crippen LogP contribution in [0.2, 0.25) is 0 Å². The summed E-state index contributed by atoms with van der Waals surface area (Å²) in [6.07, 6.45) is 3.75. The van der Waals surface area contributed by atoms with Crippen LogP contribution < -0.4 is 5.32 Å². The molecule has 2 aromatic carbocycles. The van der Waals surface area contributed by atoms with Crippen molar-refractivity contribution < 1.29 is 24.2 Å². The molecule has 4 fully saturated rings. The molecule has 182 valence electrons. The molecule has 7 rings (SSSR count). The first kappa shape index (κ1) is 22.1. The fourth-order valence-electron chi connectivity index (χ4n) is 6.44. The van der Waals surface area contributed by atoms with E-state index in [2.05, 4.69) is 29.6 Å². The molecule has 0 unspecified atom stereocenters. The van der Waals surface area contributed by atoms with Gasteiger partial charge in [0, 0.05) is 12.5 Å². The number of benzene rings is 2. The zero-order valence-corrected chi connectivity index (χ0v) is 19.7. The Balaban J connectivity index is 1.10. The molecular weight excluding hydrogens is 444 g/mol. The molecule has 0 radical (unpaired) electrons. The van der Waals surface area contributed by atoms with Crippen molar-refractivity contribution in [2.24, 2.45) is 5.92 Å². The topological polar surface area (TPSA) is 95.9 Å². The van der Waals surface area contributed by atoms with Crippen LogP contribution in [0.5, 0.6) is 0 Å². The first-order chi connectivity index (χ1) is 16.9. The van der Waals surface area contributed by atoms with Gasteiger partial charge >= 0.3 is 12.1 Å². The third kappa shape index (κ3) is 3.68. The average molecular weight is 475 g/mol. The molecule has 2 bridgehead atoms. The Kier molecular flexibility index (Phi) is 5.13. The highest BCUT2D eigenvalue weighted by Gasteiger charge is 2.55. The molecule has 2 aliphatic heterocycles. The fourth-order valence-corrected chi connectivity index (χ4v) is 6.44. The lowest BCUT2D eigenvalue weighted by Gasteiger charge is -2.52. The second-order valence-corrected chi connectivity index (χ2v) is 10.7. The van der Waals surface area contributed by atoms with E-state index < -0.39 is 23.1 Å². The van der Waals surface area contributed by atoms with E-state index in [9.17, 15) is 19.5 Å². The SMILES string of the molecule is O=C(NC1(CC(=O)N2CC3CCC2(C(=O)O)CC3)CC1)OCC1c2ccccc2-c2ccccc21. The van der Waals surface area contributed by atoms with Gasteiger partial charge in [-0.1, -0.05) is 48.5 Å². The minimum absolute atomic E-state index is 0.0238. The third-order valence-electron chi connectivity index (χ3n) is 8.64. The second kappa shape index (κ2) is 8.11. The Hall–Kier alpha value is -3.35. The zero-order valence-electron chi connectivity index (χ0n) is 19.7. The molecule has 2 saturated heterocycles. The molecule has 7 heteroatoms. The van der Waals surface area contributed by atoms with Crippen molar-refractivity contribution in [2.45, 2.75) is 61.9 Å². The van der Waals surface area contributed by atoms with Gasteiger partial charge in [-0.05, 0) is 66.7 Å². The molecular formula is C28H30N2O5. The van der Waals surface area contributed by atoms with Gasteiger partial charge in [0.2, 0.25) is 5.91 Å². The van der Waals surface area contributed by atoms with E-state index >= 15 is 0 Å². The van der Waals surface area contributed by atoms with Gasteiger partial charge in [0.15, 0.2) is 0 Å². The quantitative estimate of drug-likeness (QED) is 0.651. The van der Waals surface area contributed by atoms with E-state index in [1.54, 1.807) is 4.90 Å². The number of rotatable bonds is 6. The van der Waals surface area contributed by atoms with E-state index in [-0.39, 0.29) is 24.9 Å². The number of piperidine rings is 2. The van der Waals surface area contributed by atoms with Gasteiger partial charge in [0.05, 0.1) is 12.0 Å². The number of ether oxygens (including phenoxy) is 1. The van der Waals surface area contributed by atoms with Gasteiger partial charge < -0.3 is 20.1 Å². The maximum atomic E-state index is 13.2. The number of hydrogen-bond donors (Lipinski definition) is 2. The van der Waals surface area contributed by atoms with Crippen LogP contribution in [0.25, 0.3) is 11.1 Å². The number of nitrogens with zero attached hydrogens (tertiary/aromatic N) is 1. The molecule has 2 amide bonds. The van der Waals surface area contributed by atoms with Gasteiger partial charge in [-0.15, -0.1) is 0 Å². The predicted molar refractivity (Wildman–Crippen MR) is 129 cm³/mol. The highest BCUT2D eigenvalue weighted by molar-refractivity contribution is 5.89. The summed E-state index contributed by atoms with van der Waals surface area (Å²) >= 11 is 0. The lowest BCUT2D eigenvalue weighted by Crippen LogP contribution is -2.65. The minimum atomic E-state index is -1.08. The monoisotopic (exact) mass is 474 g/mol. The van der Waals surface area contributed by atoms with Gasteiger partial charge in [-0.3, -0.25) is 4.79 Å². The Morgan fingerprint density at radius 3 is 2.11 bits per heavy atom. The van der Waals surface area contributed by atoms with Crippen LogP contribution in [-0.2, 0) is 14.3 Å². The largest absolute Gasteiger partial charge is 0.479 e. The summed E-state index contributed by atoms with van der Waals surface area (Å²) in [5.74, 6) is -0.721. The van der Waals surface area contributed by atoms with Crippen LogP contribution in [0.3, 0.4) is 0 Å².